The summed E-state index contributed by atoms with van der Waals surface area (Å²) < 4.78 is 5.20. The Hall–Kier alpha value is -0.120. The van der Waals surface area contributed by atoms with Gasteiger partial charge in [0.25, 0.3) is 0 Å². The molecule has 0 radical (unpaired) electrons. The Morgan fingerprint density at radius 3 is 2.40 bits per heavy atom. The summed E-state index contributed by atoms with van der Waals surface area (Å²) in [5.41, 5.74) is 0. The lowest BCUT2D eigenvalue weighted by Gasteiger charge is -2.36. The van der Waals surface area contributed by atoms with Gasteiger partial charge < -0.3 is 15.0 Å². The average molecular weight is 214 g/mol. The molecule has 0 spiro atoms. The van der Waals surface area contributed by atoms with E-state index in [-0.39, 0.29) is 0 Å². The van der Waals surface area contributed by atoms with E-state index < -0.39 is 0 Å². The summed E-state index contributed by atoms with van der Waals surface area (Å²) in [5, 5.41) is 3.31. The normalized spacial score (nSPS) is 30.4. The molecule has 0 bridgehead atoms. The summed E-state index contributed by atoms with van der Waals surface area (Å²) in [6.07, 6.45) is 1.38. The van der Waals surface area contributed by atoms with Crippen molar-refractivity contribution >= 4 is 0 Å². The summed E-state index contributed by atoms with van der Waals surface area (Å²) in [4.78, 5) is 2.57. The van der Waals surface area contributed by atoms with Gasteiger partial charge >= 0.3 is 0 Å². The summed E-state index contributed by atoms with van der Waals surface area (Å²) in [7, 11) is 3.78. The third kappa shape index (κ3) is 4.49. The van der Waals surface area contributed by atoms with Crippen molar-refractivity contribution in [3.63, 3.8) is 0 Å². The SMILES string of the molecule is CNC(COC)CN1CC(C)CC(C)C1. The Morgan fingerprint density at radius 2 is 1.93 bits per heavy atom. The largest absolute Gasteiger partial charge is 0.383 e. The van der Waals surface area contributed by atoms with E-state index in [1.165, 1.54) is 19.5 Å². The summed E-state index contributed by atoms with van der Waals surface area (Å²) >= 11 is 0. The minimum absolute atomic E-state index is 0.465. The minimum atomic E-state index is 0.465. The predicted octanol–water partition coefficient (Wildman–Crippen LogP) is 1.20. The topological polar surface area (TPSA) is 24.5 Å². The van der Waals surface area contributed by atoms with Gasteiger partial charge in [0.1, 0.15) is 0 Å². The number of hydrogen-bond donors (Lipinski definition) is 1. The molecule has 1 N–H and O–H groups in total. The van der Waals surface area contributed by atoms with E-state index in [0.29, 0.717) is 6.04 Å². The number of ether oxygens (including phenoxy) is 1. The summed E-state index contributed by atoms with van der Waals surface area (Å²) in [6, 6.07) is 0.465. The molecule has 1 aliphatic rings. The Balaban J connectivity index is 2.35. The molecule has 3 nitrogen and oxygen atoms in total. The van der Waals surface area contributed by atoms with E-state index in [1.54, 1.807) is 7.11 Å². The van der Waals surface area contributed by atoms with Gasteiger partial charge in [0.05, 0.1) is 6.61 Å². The van der Waals surface area contributed by atoms with Crippen molar-refractivity contribution in [2.75, 3.05) is 40.4 Å². The highest BCUT2D eigenvalue weighted by atomic mass is 16.5. The van der Waals surface area contributed by atoms with Crippen molar-refractivity contribution in [2.24, 2.45) is 11.8 Å². The first-order valence-electron chi connectivity index (χ1n) is 6.04. The number of piperidine rings is 1. The Bertz CT molecular complexity index is 165. The first-order chi connectivity index (χ1) is 7.15. The Labute approximate surface area is 94.2 Å². The predicted molar refractivity (Wildman–Crippen MR) is 64.1 cm³/mol. The van der Waals surface area contributed by atoms with Gasteiger partial charge in [-0.3, -0.25) is 0 Å². The molecule has 1 fully saturated rings. The molecular weight excluding hydrogens is 188 g/mol. The maximum Gasteiger partial charge on any atom is 0.0628 e. The lowest BCUT2D eigenvalue weighted by atomic mass is 9.91. The fourth-order valence-electron chi connectivity index (χ4n) is 2.68. The highest BCUT2D eigenvalue weighted by Crippen LogP contribution is 2.20. The number of rotatable bonds is 5. The maximum absolute atomic E-state index is 5.20. The van der Waals surface area contributed by atoms with Crippen molar-refractivity contribution in [2.45, 2.75) is 26.3 Å². The first kappa shape index (κ1) is 12.9. The number of nitrogens with one attached hydrogen (secondary N) is 1. The van der Waals surface area contributed by atoms with E-state index in [0.717, 1.165) is 25.0 Å². The molecule has 3 unspecified atom stereocenters. The van der Waals surface area contributed by atoms with Gasteiger partial charge in [0, 0.05) is 32.8 Å². The third-order valence-electron chi connectivity index (χ3n) is 3.20. The van der Waals surface area contributed by atoms with Crippen LogP contribution in [0.3, 0.4) is 0 Å². The highest BCUT2D eigenvalue weighted by Gasteiger charge is 2.23. The Morgan fingerprint density at radius 1 is 1.33 bits per heavy atom. The highest BCUT2D eigenvalue weighted by molar-refractivity contribution is 4.78. The fraction of sp³-hybridized carbons (Fsp3) is 1.00. The number of nitrogens with zero attached hydrogens (tertiary/aromatic N) is 1. The molecular formula is C12H26N2O. The van der Waals surface area contributed by atoms with Gasteiger partial charge in [-0.1, -0.05) is 13.8 Å². The number of likely N-dealkylation sites (tertiary alicyclic amines) is 1. The third-order valence-corrected chi connectivity index (χ3v) is 3.20. The van der Waals surface area contributed by atoms with Gasteiger partial charge in [-0.15, -0.1) is 0 Å². The zero-order chi connectivity index (χ0) is 11.3. The van der Waals surface area contributed by atoms with Crippen molar-refractivity contribution in [1.82, 2.24) is 10.2 Å². The van der Waals surface area contributed by atoms with Crippen LogP contribution in [-0.4, -0.2) is 51.3 Å². The van der Waals surface area contributed by atoms with Crippen LogP contribution in [-0.2, 0) is 4.74 Å². The lowest BCUT2D eigenvalue weighted by molar-refractivity contribution is 0.100. The van der Waals surface area contributed by atoms with Gasteiger partial charge in [0.2, 0.25) is 0 Å². The van der Waals surface area contributed by atoms with Crippen LogP contribution in [0.5, 0.6) is 0 Å². The van der Waals surface area contributed by atoms with Gasteiger partial charge in [-0.25, -0.2) is 0 Å². The fourth-order valence-corrected chi connectivity index (χ4v) is 2.68. The molecule has 0 saturated carbocycles. The van der Waals surface area contributed by atoms with E-state index in [2.05, 4.69) is 24.1 Å². The molecule has 3 heteroatoms. The second kappa shape index (κ2) is 6.46. The minimum Gasteiger partial charge on any atom is -0.383 e. The molecule has 15 heavy (non-hydrogen) atoms. The van der Waals surface area contributed by atoms with Crippen LogP contribution in [0.4, 0.5) is 0 Å². The molecule has 0 aromatic carbocycles. The van der Waals surface area contributed by atoms with Gasteiger partial charge in [0.15, 0.2) is 0 Å². The first-order valence-corrected chi connectivity index (χ1v) is 6.04. The Kier molecular flexibility index (Phi) is 5.58. The maximum atomic E-state index is 5.20. The van der Waals surface area contributed by atoms with E-state index >= 15 is 0 Å². The smallest absolute Gasteiger partial charge is 0.0628 e. The molecule has 3 atom stereocenters. The molecule has 0 aromatic heterocycles. The van der Waals surface area contributed by atoms with Crippen molar-refractivity contribution in [3.05, 3.63) is 0 Å². The van der Waals surface area contributed by atoms with E-state index in [1.807, 2.05) is 7.05 Å². The molecule has 90 valence electrons. The van der Waals surface area contributed by atoms with Gasteiger partial charge in [-0.05, 0) is 25.3 Å². The molecule has 1 aliphatic heterocycles. The summed E-state index contributed by atoms with van der Waals surface area (Å²) in [6.45, 7) is 9.11. The zero-order valence-corrected chi connectivity index (χ0v) is 10.6. The van der Waals surface area contributed by atoms with Crippen LogP contribution >= 0.6 is 0 Å². The van der Waals surface area contributed by atoms with Gasteiger partial charge in [-0.2, -0.15) is 0 Å². The zero-order valence-electron chi connectivity index (χ0n) is 10.6. The van der Waals surface area contributed by atoms with Crippen LogP contribution in [0.2, 0.25) is 0 Å². The molecule has 0 aliphatic carbocycles. The average Bonchev–Trinajstić information content (AvgIpc) is 2.15. The van der Waals surface area contributed by atoms with Crippen LogP contribution < -0.4 is 5.32 Å². The van der Waals surface area contributed by atoms with Crippen LogP contribution in [0, 0.1) is 11.8 Å². The van der Waals surface area contributed by atoms with Crippen LogP contribution in [0.25, 0.3) is 0 Å². The summed E-state index contributed by atoms with van der Waals surface area (Å²) in [5.74, 6) is 1.68. The monoisotopic (exact) mass is 214 g/mol. The number of hydrogen-bond acceptors (Lipinski definition) is 3. The second-order valence-corrected chi connectivity index (χ2v) is 5.11. The van der Waals surface area contributed by atoms with Crippen molar-refractivity contribution in [3.8, 4) is 0 Å². The van der Waals surface area contributed by atoms with Crippen molar-refractivity contribution < 1.29 is 4.74 Å². The van der Waals surface area contributed by atoms with Crippen molar-refractivity contribution in [1.29, 1.82) is 0 Å². The number of methoxy groups -OCH3 is 1. The van der Waals surface area contributed by atoms with E-state index in [4.69, 9.17) is 4.74 Å². The molecule has 1 saturated heterocycles. The van der Waals surface area contributed by atoms with E-state index in [9.17, 15) is 0 Å². The molecule has 0 amide bonds. The van der Waals surface area contributed by atoms with Crippen LogP contribution in [0.15, 0.2) is 0 Å². The molecule has 0 aromatic rings. The standard InChI is InChI=1S/C12H26N2O/c1-10-5-11(2)7-14(6-10)8-12(13-3)9-15-4/h10-13H,5-9H2,1-4H3. The molecule has 1 rings (SSSR count). The second-order valence-electron chi connectivity index (χ2n) is 5.11. The van der Waals surface area contributed by atoms with Crippen LogP contribution in [0.1, 0.15) is 20.3 Å². The molecule has 1 heterocycles. The lowest BCUT2D eigenvalue weighted by Crippen LogP contribution is -2.47. The number of likely N-dealkylation sites (N-methyl/N-ethyl adjacent to an activating group) is 1. The quantitative estimate of drug-likeness (QED) is 0.744.